The third kappa shape index (κ3) is 5.14. The highest BCUT2D eigenvalue weighted by molar-refractivity contribution is 5.80. The summed E-state index contributed by atoms with van der Waals surface area (Å²) in [6.07, 6.45) is 5.76. The minimum atomic E-state index is -0.719. The number of aryl methyl sites for hydroxylation is 1. The van der Waals surface area contributed by atoms with Crippen LogP contribution in [0.5, 0.6) is 0 Å². The minimum Gasteiger partial charge on any atom is -0.394 e. The molecule has 3 rings (SSSR count). The van der Waals surface area contributed by atoms with Crippen molar-refractivity contribution >= 4 is 24.0 Å². The van der Waals surface area contributed by atoms with Crippen LogP contribution >= 0.6 is 0 Å². The Morgan fingerprint density at radius 3 is 2.70 bits per heavy atom. The lowest BCUT2D eigenvalue weighted by atomic mass is 9.92. The van der Waals surface area contributed by atoms with Crippen LogP contribution in [0.3, 0.4) is 0 Å². The second-order valence-corrected chi connectivity index (χ2v) is 8.00. The second-order valence-electron chi connectivity index (χ2n) is 8.00. The molecule has 2 fully saturated rings. The van der Waals surface area contributed by atoms with Crippen LogP contribution in [0, 0.1) is 24.6 Å². The normalized spacial score (nSPS) is 19.9. The number of hydrazine groups is 1. The van der Waals surface area contributed by atoms with Gasteiger partial charge in [-0.2, -0.15) is 4.39 Å². The van der Waals surface area contributed by atoms with E-state index >= 15 is 0 Å². The summed E-state index contributed by atoms with van der Waals surface area (Å²) >= 11 is 0. The van der Waals surface area contributed by atoms with Crippen molar-refractivity contribution < 1.29 is 24.3 Å². The summed E-state index contributed by atoms with van der Waals surface area (Å²) in [5, 5.41) is 19.4. The molecule has 11 heteroatoms. The van der Waals surface area contributed by atoms with E-state index in [0.29, 0.717) is 29.8 Å². The molecule has 10 nitrogen and oxygen atoms in total. The molecule has 1 aliphatic heterocycles. The lowest BCUT2D eigenvalue weighted by Crippen LogP contribution is -2.51. The van der Waals surface area contributed by atoms with Gasteiger partial charge in [-0.25, -0.2) is 15.0 Å². The largest absolute Gasteiger partial charge is 0.394 e. The Balaban J connectivity index is 1.68. The standard InChI is InChI=1S/C19H29FN6O4/c1-12-21-17(16(20)18(22-12)26-7-6-15(26)10-27)23-24-19(29)14(9-25(30)11-28)8-13-4-2-3-5-13/h11,13-15,27,30H,2-10H2,1H3,(H,24,29)(H,21,22,23)/t14-,15+/m1/s1. The molecule has 2 aliphatic rings. The zero-order chi connectivity index (χ0) is 21.7. The van der Waals surface area contributed by atoms with E-state index < -0.39 is 17.6 Å². The molecule has 2 amide bonds. The molecule has 1 aromatic rings. The molecule has 166 valence electrons. The first kappa shape index (κ1) is 22.2. The highest BCUT2D eigenvalue weighted by Crippen LogP contribution is 2.31. The van der Waals surface area contributed by atoms with Gasteiger partial charge in [0.15, 0.2) is 11.6 Å². The number of aliphatic hydroxyl groups is 1. The average molecular weight is 424 g/mol. The zero-order valence-electron chi connectivity index (χ0n) is 17.1. The van der Waals surface area contributed by atoms with Gasteiger partial charge < -0.3 is 10.0 Å². The summed E-state index contributed by atoms with van der Waals surface area (Å²) in [7, 11) is 0. The Morgan fingerprint density at radius 1 is 1.37 bits per heavy atom. The first-order chi connectivity index (χ1) is 14.4. The van der Waals surface area contributed by atoms with E-state index in [-0.39, 0.29) is 37.2 Å². The van der Waals surface area contributed by atoms with E-state index in [1.54, 1.807) is 11.8 Å². The van der Waals surface area contributed by atoms with Crippen molar-refractivity contribution in [3.63, 3.8) is 0 Å². The summed E-state index contributed by atoms with van der Waals surface area (Å²) in [6.45, 7) is 1.95. The number of carbonyl (C=O) groups excluding carboxylic acids is 2. The predicted octanol–water partition coefficient (Wildman–Crippen LogP) is 0.982. The van der Waals surface area contributed by atoms with E-state index in [2.05, 4.69) is 20.8 Å². The number of carbonyl (C=O) groups is 2. The maximum Gasteiger partial charge on any atom is 0.243 e. The van der Waals surface area contributed by atoms with Crippen LogP contribution in [-0.2, 0) is 9.59 Å². The lowest BCUT2D eigenvalue weighted by Gasteiger charge is -2.41. The van der Waals surface area contributed by atoms with Crippen LogP contribution in [0.15, 0.2) is 0 Å². The summed E-state index contributed by atoms with van der Waals surface area (Å²) in [5.74, 6) is -1.25. The van der Waals surface area contributed by atoms with E-state index in [1.807, 2.05) is 0 Å². The summed E-state index contributed by atoms with van der Waals surface area (Å²) in [5.41, 5.74) is 4.98. The topological polar surface area (TPSA) is 131 Å². The zero-order valence-corrected chi connectivity index (χ0v) is 17.1. The second kappa shape index (κ2) is 9.98. The maximum atomic E-state index is 14.9. The Hall–Kier alpha value is -2.53. The molecule has 1 saturated heterocycles. The lowest BCUT2D eigenvalue weighted by molar-refractivity contribution is -0.154. The van der Waals surface area contributed by atoms with Gasteiger partial charge in [0.2, 0.25) is 18.1 Å². The van der Waals surface area contributed by atoms with E-state index in [4.69, 9.17) is 0 Å². The Morgan fingerprint density at radius 2 is 2.10 bits per heavy atom. The van der Waals surface area contributed by atoms with Gasteiger partial charge in [0.05, 0.1) is 25.1 Å². The quantitative estimate of drug-likeness (QED) is 0.248. The number of hydroxylamine groups is 2. The number of halogens is 1. The van der Waals surface area contributed by atoms with E-state index in [1.165, 1.54) is 0 Å². The molecule has 0 bridgehead atoms. The SMILES string of the molecule is Cc1nc(NNC(=O)[C@H](CC2CCCC2)CN(O)C=O)c(F)c(N2CC[C@H]2CO)n1. The van der Waals surface area contributed by atoms with Gasteiger partial charge in [0.25, 0.3) is 0 Å². The summed E-state index contributed by atoms with van der Waals surface area (Å²) in [4.78, 5) is 33.3. The van der Waals surface area contributed by atoms with Gasteiger partial charge in [0, 0.05) is 6.54 Å². The third-order valence-electron chi connectivity index (χ3n) is 5.87. The van der Waals surface area contributed by atoms with Crippen molar-refractivity contribution in [3.05, 3.63) is 11.6 Å². The number of anilines is 2. The van der Waals surface area contributed by atoms with Gasteiger partial charge in [-0.3, -0.25) is 25.6 Å². The van der Waals surface area contributed by atoms with Crippen LogP contribution in [0.1, 0.15) is 44.3 Å². The van der Waals surface area contributed by atoms with Crippen molar-refractivity contribution in [2.45, 2.75) is 51.5 Å². The number of nitrogens with zero attached hydrogens (tertiary/aromatic N) is 4. The highest BCUT2D eigenvalue weighted by atomic mass is 19.1. The fourth-order valence-electron chi connectivity index (χ4n) is 4.13. The number of hydrogen-bond donors (Lipinski definition) is 4. The molecule has 1 saturated carbocycles. The predicted molar refractivity (Wildman–Crippen MR) is 106 cm³/mol. The highest BCUT2D eigenvalue weighted by Gasteiger charge is 2.32. The van der Waals surface area contributed by atoms with Crippen molar-refractivity contribution in [2.75, 3.05) is 30.0 Å². The Labute approximate surface area is 174 Å². The average Bonchev–Trinajstić information content (AvgIpc) is 3.21. The fourth-order valence-corrected chi connectivity index (χ4v) is 4.13. The van der Waals surface area contributed by atoms with Gasteiger partial charge in [-0.05, 0) is 25.7 Å². The van der Waals surface area contributed by atoms with Crippen LogP contribution in [-0.4, -0.2) is 63.4 Å². The van der Waals surface area contributed by atoms with Crippen LogP contribution in [0.25, 0.3) is 0 Å². The van der Waals surface area contributed by atoms with E-state index in [9.17, 15) is 24.3 Å². The first-order valence-corrected chi connectivity index (χ1v) is 10.3. The molecular weight excluding hydrogens is 395 g/mol. The van der Waals surface area contributed by atoms with Gasteiger partial charge >= 0.3 is 0 Å². The van der Waals surface area contributed by atoms with Crippen LogP contribution in [0.2, 0.25) is 0 Å². The number of nitrogens with one attached hydrogen (secondary N) is 2. The number of aromatic nitrogens is 2. The molecule has 0 radical (unpaired) electrons. The molecular formula is C19H29FN6O4. The third-order valence-corrected chi connectivity index (χ3v) is 5.87. The molecule has 0 aromatic carbocycles. The van der Waals surface area contributed by atoms with Crippen molar-refractivity contribution in [2.24, 2.45) is 11.8 Å². The smallest absolute Gasteiger partial charge is 0.243 e. The number of hydrogen-bond acceptors (Lipinski definition) is 8. The van der Waals surface area contributed by atoms with Gasteiger partial charge in [-0.1, -0.05) is 25.7 Å². The molecule has 30 heavy (non-hydrogen) atoms. The molecule has 0 unspecified atom stereocenters. The monoisotopic (exact) mass is 424 g/mol. The van der Waals surface area contributed by atoms with E-state index in [0.717, 1.165) is 32.1 Å². The van der Waals surface area contributed by atoms with Crippen molar-refractivity contribution in [1.29, 1.82) is 0 Å². The summed E-state index contributed by atoms with van der Waals surface area (Å²) in [6, 6.07) is -0.189. The molecule has 2 heterocycles. The number of amides is 2. The molecule has 1 aliphatic carbocycles. The van der Waals surface area contributed by atoms with Crippen molar-refractivity contribution in [1.82, 2.24) is 20.5 Å². The van der Waals surface area contributed by atoms with Crippen LogP contribution < -0.4 is 15.8 Å². The van der Waals surface area contributed by atoms with Crippen molar-refractivity contribution in [3.8, 4) is 0 Å². The Bertz CT molecular complexity index is 759. The molecule has 4 N–H and O–H groups in total. The minimum absolute atomic E-state index is 0.0783. The number of aliphatic hydroxyl groups excluding tert-OH is 1. The number of rotatable bonds is 10. The van der Waals surface area contributed by atoms with Gasteiger partial charge in [-0.15, -0.1) is 0 Å². The summed E-state index contributed by atoms with van der Waals surface area (Å²) < 4.78 is 14.9. The first-order valence-electron chi connectivity index (χ1n) is 10.3. The molecule has 0 spiro atoms. The fraction of sp³-hybridized carbons (Fsp3) is 0.684. The Kier molecular flexibility index (Phi) is 7.38. The van der Waals surface area contributed by atoms with Gasteiger partial charge in [0.1, 0.15) is 5.82 Å². The van der Waals surface area contributed by atoms with Crippen LogP contribution in [0.4, 0.5) is 16.0 Å². The molecule has 2 atom stereocenters. The molecule has 1 aromatic heterocycles. The maximum absolute atomic E-state index is 14.9.